The number of aryl methyl sites for hydroxylation is 1. The summed E-state index contributed by atoms with van der Waals surface area (Å²) < 4.78 is 0. The smallest absolute Gasteiger partial charge is 0.251 e. The molecule has 0 aliphatic carbocycles. The SMILES string of the molecule is CC(C)(CCc1ccccc1)NC(=O)c1ccccc1. The van der Waals surface area contributed by atoms with Gasteiger partial charge in [0.2, 0.25) is 0 Å². The molecule has 0 aromatic heterocycles. The maximum absolute atomic E-state index is 12.2. The summed E-state index contributed by atoms with van der Waals surface area (Å²) in [7, 11) is 0. The van der Waals surface area contributed by atoms with Crippen LogP contribution in [0.4, 0.5) is 0 Å². The molecule has 1 amide bonds. The van der Waals surface area contributed by atoms with Crippen LogP contribution in [0, 0.1) is 0 Å². The third-order valence-electron chi connectivity index (χ3n) is 3.37. The van der Waals surface area contributed by atoms with Crippen LogP contribution >= 0.6 is 0 Å². The lowest BCUT2D eigenvalue weighted by atomic mass is 9.95. The Labute approximate surface area is 120 Å². The minimum Gasteiger partial charge on any atom is -0.347 e. The van der Waals surface area contributed by atoms with Crippen LogP contribution in [0.15, 0.2) is 60.7 Å². The van der Waals surface area contributed by atoms with Gasteiger partial charge in [0.15, 0.2) is 0 Å². The summed E-state index contributed by atoms with van der Waals surface area (Å²) in [5, 5.41) is 3.10. The van der Waals surface area contributed by atoms with Crippen molar-refractivity contribution in [3.63, 3.8) is 0 Å². The van der Waals surface area contributed by atoms with Crippen molar-refractivity contribution in [1.29, 1.82) is 0 Å². The second-order valence-corrected chi connectivity index (χ2v) is 5.69. The van der Waals surface area contributed by atoms with E-state index in [-0.39, 0.29) is 11.4 Å². The molecule has 0 bridgehead atoms. The minimum atomic E-state index is -0.219. The molecular formula is C18H21NO. The van der Waals surface area contributed by atoms with Gasteiger partial charge in [-0.3, -0.25) is 4.79 Å². The molecule has 0 saturated heterocycles. The number of carbonyl (C=O) groups excluding carboxylic acids is 1. The fourth-order valence-electron chi connectivity index (χ4n) is 2.13. The van der Waals surface area contributed by atoms with Gasteiger partial charge in [-0.2, -0.15) is 0 Å². The summed E-state index contributed by atoms with van der Waals surface area (Å²) in [4.78, 5) is 12.2. The molecule has 20 heavy (non-hydrogen) atoms. The van der Waals surface area contributed by atoms with Gasteiger partial charge in [-0.05, 0) is 44.4 Å². The molecule has 2 aromatic carbocycles. The van der Waals surface area contributed by atoms with E-state index in [1.165, 1.54) is 5.56 Å². The molecule has 2 rings (SSSR count). The Morgan fingerprint density at radius 1 is 0.950 bits per heavy atom. The third kappa shape index (κ3) is 4.23. The van der Waals surface area contributed by atoms with E-state index in [1.54, 1.807) is 0 Å². The van der Waals surface area contributed by atoms with Crippen LogP contribution in [-0.2, 0) is 6.42 Å². The molecule has 0 aliphatic rings. The van der Waals surface area contributed by atoms with Crippen molar-refractivity contribution in [2.45, 2.75) is 32.2 Å². The molecule has 104 valence electrons. The van der Waals surface area contributed by atoms with Crippen LogP contribution in [-0.4, -0.2) is 11.4 Å². The molecule has 0 aliphatic heterocycles. The molecule has 2 heteroatoms. The van der Waals surface area contributed by atoms with Gasteiger partial charge in [0.05, 0.1) is 0 Å². The minimum absolute atomic E-state index is 0.0105. The van der Waals surface area contributed by atoms with Crippen LogP contribution in [0.3, 0.4) is 0 Å². The van der Waals surface area contributed by atoms with Gasteiger partial charge in [0.25, 0.3) is 5.91 Å². The van der Waals surface area contributed by atoms with Crippen molar-refractivity contribution in [3.05, 3.63) is 71.8 Å². The maximum Gasteiger partial charge on any atom is 0.251 e. The van der Waals surface area contributed by atoms with Gasteiger partial charge in [-0.1, -0.05) is 48.5 Å². The van der Waals surface area contributed by atoms with Crippen LogP contribution in [0.1, 0.15) is 36.2 Å². The number of amides is 1. The highest BCUT2D eigenvalue weighted by Crippen LogP contribution is 2.14. The molecule has 0 unspecified atom stereocenters. The first kappa shape index (κ1) is 14.3. The van der Waals surface area contributed by atoms with Gasteiger partial charge in [0.1, 0.15) is 0 Å². The standard InChI is InChI=1S/C18H21NO/c1-18(2,14-13-15-9-5-3-6-10-15)19-17(20)16-11-7-4-8-12-16/h3-12H,13-14H2,1-2H3,(H,19,20). The molecular weight excluding hydrogens is 246 g/mol. The molecule has 0 fully saturated rings. The highest BCUT2D eigenvalue weighted by atomic mass is 16.1. The molecule has 1 N–H and O–H groups in total. The number of benzene rings is 2. The van der Waals surface area contributed by atoms with Crippen molar-refractivity contribution < 1.29 is 4.79 Å². The van der Waals surface area contributed by atoms with E-state index in [2.05, 4.69) is 31.3 Å². The van der Waals surface area contributed by atoms with E-state index in [9.17, 15) is 4.79 Å². The van der Waals surface area contributed by atoms with Gasteiger partial charge in [-0.15, -0.1) is 0 Å². The van der Waals surface area contributed by atoms with E-state index >= 15 is 0 Å². The van der Waals surface area contributed by atoms with Crippen LogP contribution in [0.2, 0.25) is 0 Å². The largest absolute Gasteiger partial charge is 0.347 e. The quantitative estimate of drug-likeness (QED) is 0.876. The zero-order valence-electron chi connectivity index (χ0n) is 12.1. The predicted molar refractivity (Wildman–Crippen MR) is 82.8 cm³/mol. The number of hydrogen-bond acceptors (Lipinski definition) is 1. The second kappa shape index (κ2) is 6.38. The first-order chi connectivity index (χ1) is 9.57. The van der Waals surface area contributed by atoms with Crippen molar-refractivity contribution in [2.75, 3.05) is 0 Å². The molecule has 0 heterocycles. The highest BCUT2D eigenvalue weighted by molar-refractivity contribution is 5.94. The Bertz CT molecular complexity index is 546. The number of hydrogen-bond donors (Lipinski definition) is 1. The Morgan fingerprint density at radius 2 is 1.50 bits per heavy atom. The van der Waals surface area contributed by atoms with Crippen molar-refractivity contribution >= 4 is 5.91 Å². The fourth-order valence-corrected chi connectivity index (χ4v) is 2.13. The van der Waals surface area contributed by atoms with E-state index in [1.807, 2.05) is 48.5 Å². The summed E-state index contributed by atoms with van der Waals surface area (Å²) in [6.45, 7) is 4.13. The Morgan fingerprint density at radius 3 is 2.10 bits per heavy atom. The fraction of sp³-hybridized carbons (Fsp3) is 0.278. The number of nitrogens with one attached hydrogen (secondary N) is 1. The molecule has 0 radical (unpaired) electrons. The van der Waals surface area contributed by atoms with Gasteiger partial charge >= 0.3 is 0 Å². The molecule has 0 saturated carbocycles. The Balaban J connectivity index is 1.92. The van der Waals surface area contributed by atoms with Gasteiger partial charge < -0.3 is 5.32 Å². The zero-order chi connectivity index (χ0) is 14.4. The first-order valence-corrected chi connectivity index (χ1v) is 6.98. The van der Waals surface area contributed by atoms with Crippen molar-refractivity contribution in [2.24, 2.45) is 0 Å². The van der Waals surface area contributed by atoms with E-state index in [0.717, 1.165) is 12.8 Å². The summed E-state index contributed by atoms with van der Waals surface area (Å²) in [5.41, 5.74) is 1.79. The van der Waals surface area contributed by atoms with E-state index in [0.29, 0.717) is 5.56 Å². The summed E-state index contributed by atoms with van der Waals surface area (Å²) >= 11 is 0. The summed E-state index contributed by atoms with van der Waals surface area (Å²) in [6.07, 6.45) is 1.87. The summed E-state index contributed by atoms with van der Waals surface area (Å²) in [5.74, 6) is -0.0105. The third-order valence-corrected chi connectivity index (χ3v) is 3.37. The monoisotopic (exact) mass is 267 g/mol. The molecule has 0 spiro atoms. The normalized spacial score (nSPS) is 11.1. The average molecular weight is 267 g/mol. The maximum atomic E-state index is 12.2. The lowest BCUT2D eigenvalue weighted by Crippen LogP contribution is -2.43. The van der Waals surface area contributed by atoms with Crippen LogP contribution in [0.5, 0.6) is 0 Å². The molecule has 2 nitrogen and oxygen atoms in total. The van der Waals surface area contributed by atoms with Crippen molar-refractivity contribution in [1.82, 2.24) is 5.32 Å². The Kier molecular flexibility index (Phi) is 4.57. The molecule has 0 atom stereocenters. The van der Waals surface area contributed by atoms with Crippen molar-refractivity contribution in [3.8, 4) is 0 Å². The topological polar surface area (TPSA) is 29.1 Å². The second-order valence-electron chi connectivity index (χ2n) is 5.69. The highest BCUT2D eigenvalue weighted by Gasteiger charge is 2.20. The Hall–Kier alpha value is -2.09. The average Bonchev–Trinajstić information content (AvgIpc) is 2.47. The first-order valence-electron chi connectivity index (χ1n) is 6.98. The lowest BCUT2D eigenvalue weighted by Gasteiger charge is -2.26. The zero-order valence-corrected chi connectivity index (χ0v) is 12.1. The lowest BCUT2D eigenvalue weighted by molar-refractivity contribution is 0.0909. The molecule has 2 aromatic rings. The van der Waals surface area contributed by atoms with Crippen LogP contribution < -0.4 is 5.32 Å². The predicted octanol–water partition coefficient (Wildman–Crippen LogP) is 3.83. The van der Waals surface area contributed by atoms with Gasteiger partial charge in [0, 0.05) is 11.1 Å². The van der Waals surface area contributed by atoms with E-state index < -0.39 is 0 Å². The summed E-state index contributed by atoms with van der Waals surface area (Å²) in [6, 6.07) is 19.7. The number of rotatable bonds is 5. The van der Waals surface area contributed by atoms with Gasteiger partial charge in [-0.25, -0.2) is 0 Å². The van der Waals surface area contributed by atoms with E-state index in [4.69, 9.17) is 0 Å². The number of carbonyl (C=O) groups is 1. The van der Waals surface area contributed by atoms with Crippen LogP contribution in [0.25, 0.3) is 0 Å².